The van der Waals surface area contributed by atoms with Crippen LogP contribution in [-0.2, 0) is 29.2 Å². The van der Waals surface area contributed by atoms with E-state index in [1.165, 1.54) is 26.5 Å². The van der Waals surface area contributed by atoms with Gasteiger partial charge in [-0.05, 0) is 70.6 Å². The lowest BCUT2D eigenvalue weighted by atomic mass is 10.2. The molecule has 1 aromatic heterocycles. The lowest BCUT2D eigenvalue weighted by Gasteiger charge is -2.22. The number of hydrogen-bond acceptors (Lipinski definition) is 11. The monoisotopic (exact) mass is 1010 g/mol. The zero-order valence-corrected chi connectivity index (χ0v) is 46.0. The minimum atomic E-state index is -1.42. The van der Waals surface area contributed by atoms with Crippen molar-refractivity contribution in [3.05, 3.63) is 31.5 Å². The standard InChI is InChI=1S/C45H85N11O9Si3/c1-66-34-20-27-50-41(61)52(29-16-9-6-12-23-46-37-57)39(59)48-25-13-7-10-17-30-53(42(62)51-28-21-35-67-2)40(60)49-26-14-8-11-18-31-54-43(63)55(32-19-15-24-47-38-58)45(65)56(44(54)64)33-22-36-68(3,4)5/h6-36,66-67H2,1-5H3,(H,48,59)(H,49,60)(H,50,61)(H,51,62). The highest BCUT2D eigenvalue weighted by atomic mass is 28.3. The van der Waals surface area contributed by atoms with Crippen LogP contribution in [0.3, 0.4) is 0 Å². The lowest BCUT2D eigenvalue weighted by Crippen LogP contribution is -2.54. The number of amides is 8. The van der Waals surface area contributed by atoms with Gasteiger partial charge in [0, 0.05) is 86.0 Å². The van der Waals surface area contributed by atoms with Crippen molar-refractivity contribution in [2.24, 2.45) is 9.98 Å². The Morgan fingerprint density at radius 3 is 1.19 bits per heavy atom. The number of nitrogens with one attached hydrogen (secondary N) is 4. The molecule has 0 bridgehead atoms. The van der Waals surface area contributed by atoms with Gasteiger partial charge in [0.1, 0.15) is 0 Å². The minimum absolute atomic E-state index is 0.101. The first kappa shape index (κ1) is 61.3. The van der Waals surface area contributed by atoms with E-state index >= 15 is 0 Å². The van der Waals surface area contributed by atoms with Gasteiger partial charge in [-0.15, -0.1) is 0 Å². The Hall–Kier alpha value is -4.70. The zero-order chi connectivity index (χ0) is 50.4. The van der Waals surface area contributed by atoms with E-state index < -0.39 is 49.3 Å². The summed E-state index contributed by atoms with van der Waals surface area (Å²) in [5.74, 6) is 0. The van der Waals surface area contributed by atoms with E-state index in [9.17, 15) is 43.2 Å². The summed E-state index contributed by atoms with van der Waals surface area (Å²) in [4.78, 5) is 123. The van der Waals surface area contributed by atoms with Gasteiger partial charge in [-0.2, -0.15) is 0 Å². The molecule has 20 nitrogen and oxygen atoms in total. The molecule has 0 saturated carbocycles. The summed E-state index contributed by atoms with van der Waals surface area (Å²) in [6, 6.07) is 1.38. The van der Waals surface area contributed by atoms with Gasteiger partial charge in [0.25, 0.3) is 0 Å². The molecule has 0 saturated heterocycles. The molecule has 0 spiro atoms. The first-order valence-corrected chi connectivity index (χ1v) is 34.0. The summed E-state index contributed by atoms with van der Waals surface area (Å²) >= 11 is 0. The summed E-state index contributed by atoms with van der Waals surface area (Å²) in [6.45, 7) is 14.5. The molecule has 0 aliphatic heterocycles. The molecule has 4 N–H and O–H groups in total. The SMILES string of the molecule is C[SiH2]CCCNC(=O)N(CCCCCCN=C=O)C(=O)NCCCCCCN(C(=O)NCCCCCCn1c(=O)n(CCCCN=C=O)c(=O)n(CCC[Si](C)(C)C)c1=O)C(=O)NCCC[SiH2]C. The maximum atomic E-state index is 13.5. The van der Waals surface area contributed by atoms with Crippen molar-refractivity contribution in [3.63, 3.8) is 0 Å². The number of urea groups is 4. The number of aliphatic imine (C=N–C) groups is 2. The fourth-order valence-corrected chi connectivity index (χ4v) is 10.1. The van der Waals surface area contributed by atoms with Crippen LogP contribution in [0.1, 0.15) is 109 Å². The van der Waals surface area contributed by atoms with Gasteiger partial charge >= 0.3 is 41.2 Å². The van der Waals surface area contributed by atoms with Crippen molar-refractivity contribution < 1.29 is 28.8 Å². The van der Waals surface area contributed by atoms with Crippen molar-refractivity contribution in [1.29, 1.82) is 0 Å². The third-order valence-corrected chi connectivity index (χ3v) is 15.7. The second-order valence-corrected chi connectivity index (χ2v) is 27.5. The highest BCUT2D eigenvalue weighted by Crippen LogP contribution is 2.11. The predicted octanol–water partition coefficient (Wildman–Crippen LogP) is 4.53. The average Bonchev–Trinajstić information content (AvgIpc) is 3.30. The maximum Gasteiger partial charge on any atom is 0.336 e. The highest BCUT2D eigenvalue weighted by molar-refractivity contribution is 6.76. The molecule has 0 unspecified atom stereocenters. The average molecular weight is 1010 g/mol. The van der Waals surface area contributed by atoms with Crippen LogP contribution in [0.2, 0.25) is 50.9 Å². The third kappa shape index (κ3) is 27.3. The second-order valence-electron chi connectivity index (χ2n) is 18.5. The minimum Gasteiger partial charge on any atom is -0.338 e. The molecule has 0 atom stereocenters. The van der Waals surface area contributed by atoms with Crippen molar-refractivity contribution in [1.82, 2.24) is 44.8 Å². The van der Waals surface area contributed by atoms with Crippen LogP contribution in [0.15, 0.2) is 24.4 Å². The van der Waals surface area contributed by atoms with E-state index in [2.05, 4.69) is 64.0 Å². The molecule has 68 heavy (non-hydrogen) atoms. The Morgan fingerprint density at radius 2 is 0.809 bits per heavy atom. The summed E-state index contributed by atoms with van der Waals surface area (Å²) in [6.07, 6.45) is 14.6. The molecule has 23 heteroatoms. The fraction of sp³-hybridized carbons (Fsp3) is 0.800. The molecular weight excluding hydrogens is 923 g/mol. The number of carbonyl (C=O) groups is 4. The lowest BCUT2D eigenvalue weighted by molar-refractivity contribution is 0.182. The van der Waals surface area contributed by atoms with Crippen LogP contribution in [0.25, 0.3) is 0 Å². The topological polar surface area (TPSA) is 248 Å². The van der Waals surface area contributed by atoms with Crippen molar-refractivity contribution in [2.45, 2.75) is 180 Å². The Labute approximate surface area is 409 Å². The second kappa shape index (κ2) is 38.2. The van der Waals surface area contributed by atoms with Gasteiger partial charge in [-0.1, -0.05) is 89.4 Å². The molecule has 0 aliphatic rings. The Morgan fingerprint density at radius 1 is 0.485 bits per heavy atom. The smallest absolute Gasteiger partial charge is 0.336 e. The van der Waals surface area contributed by atoms with Crippen LogP contribution >= 0.6 is 0 Å². The first-order chi connectivity index (χ1) is 32.7. The molecular formula is C45H85N11O9Si3. The number of hydrogen-bond donors (Lipinski definition) is 4. The van der Waals surface area contributed by atoms with E-state index in [0.29, 0.717) is 103 Å². The van der Waals surface area contributed by atoms with E-state index in [-0.39, 0.29) is 58.3 Å². The number of imide groups is 2. The van der Waals surface area contributed by atoms with Gasteiger partial charge in [0.15, 0.2) is 0 Å². The molecule has 1 rings (SSSR count). The number of rotatable bonds is 38. The number of nitrogens with zero attached hydrogens (tertiary/aromatic N) is 7. The predicted molar refractivity (Wildman–Crippen MR) is 277 cm³/mol. The summed E-state index contributed by atoms with van der Waals surface area (Å²) in [5.41, 5.74) is -1.86. The Balaban J connectivity index is 2.74. The van der Waals surface area contributed by atoms with Gasteiger partial charge in [-0.3, -0.25) is 0 Å². The zero-order valence-electron chi connectivity index (χ0n) is 42.1. The van der Waals surface area contributed by atoms with E-state index in [4.69, 9.17) is 0 Å². The molecule has 0 fully saturated rings. The van der Waals surface area contributed by atoms with Crippen LogP contribution < -0.4 is 38.3 Å². The molecule has 1 heterocycles. The van der Waals surface area contributed by atoms with Crippen LogP contribution in [-0.4, -0.2) is 139 Å². The third-order valence-electron chi connectivity index (χ3n) is 11.4. The van der Waals surface area contributed by atoms with Crippen molar-refractivity contribution >= 4 is 63.4 Å². The number of unbranched alkanes of at least 4 members (excludes halogenated alkanes) is 10. The Kier molecular flexibility index (Phi) is 34.4. The molecule has 386 valence electrons. The van der Waals surface area contributed by atoms with Crippen LogP contribution in [0.5, 0.6) is 0 Å². The number of carbonyl (C=O) groups excluding carboxylic acids is 6. The van der Waals surface area contributed by atoms with Crippen molar-refractivity contribution in [3.8, 4) is 0 Å². The highest BCUT2D eigenvalue weighted by Gasteiger charge is 2.22. The summed E-state index contributed by atoms with van der Waals surface area (Å²) < 4.78 is 3.43. The van der Waals surface area contributed by atoms with Gasteiger partial charge in [-0.25, -0.2) is 76.6 Å². The quantitative estimate of drug-likeness (QED) is 0.0314. The molecule has 0 aromatic carbocycles. The molecule has 8 amide bonds. The fourth-order valence-electron chi connectivity index (χ4n) is 7.39. The normalized spacial score (nSPS) is 11.4. The number of isocyanates is 2. The van der Waals surface area contributed by atoms with E-state index in [1.54, 1.807) is 0 Å². The van der Waals surface area contributed by atoms with E-state index in [1.807, 2.05) is 0 Å². The molecule has 0 radical (unpaired) electrons. The maximum absolute atomic E-state index is 13.5. The number of aromatic nitrogens is 3. The Bertz CT molecular complexity index is 1910. The summed E-state index contributed by atoms with van der Waals surface area (Å²) in [7, 11) is -1.66. The van der Waals surface area contributed by atoms with Gasteiger partial charge < -0.3 is 21.3 Å². The molecule has 1 aromatic rings. The molecule has 0 aliphatic carbocycles. The largest absolute Gasteiger partial charge is 0.338 e. The van der Waals surface area contributed by atoms with Crippen molar-refractivity contribution in [2.75, 3.05) is 52.4 Å². The first-order valence-electron chi connectivity index (χ1n) is 25.4. The van der Waals surface area contributed by atoms with Gasteiger partial charge in [0.2, 0.25) is 12.2 Å². The van der Waals surface area contributed by atoms with Crippen LogP contribution in [0, 0.1) is 0 Å². The van der Waals surface area contributed by atoms with Gasteiger partial charge in [0.05, 0.1) is 13.1 Å². The van der Waals surface area contributed by atoms with Crippen LogP contribution in [0.4, 0.5) is 19.2 Å². The van der Waals surface area contributed by atoms with E-state index in [0.717, 1.165) is 65.8 Å². The summed E-state index contributed by atoms with van der Waals surface area (Å²) in [5, 5.41) is 11.5.